The van der Waals surface area contributed by atoms with Gasteiger partial charge < -0.3 is 20.1 Å². The van der Waals surface area contributed by atoms with Gasteiger partial charge in [-0.2, -0.15) is 0 Å². The predicted molar refractivity (Wildman–Crippen MR) is 106 cm³/mol. The third kappa shape index (κ3) is 5.47. The number of likely N-dealkylation sites (tertiary alicyclic amines) is 1. The number of carbonyl (C=O) groups excluding carboxylic acids is 1. The van der Waals surface area contributed by atoms with Crippen molar-refractivity contribution >= 4 is 5.91 Å². The van der Waals surface area contributed by atoms with Crippen LogP contribution < -0.4 is 10.1 Å². The van der Waals surface area contributed by atoms with Crippen LogP contribution in [0.25, 0.3) is 0 Å². The molecule has 0 saturated carbocycles. The van der Waals surface area contributed by atoms with Gasteiger partial charge >= 0.3 is 0 Å². The second-order valence-electron chi connectivity index (χ2n) is 7.05. The lowest BCUT2D eigenvalue weighted by molar-refractivity contribution is -0.121. The Bertz CT molecular complexity index is 755. The lowest BCUT2D eigenvalue weighted by Crippen LogP contribution is -2.36. The van der Waals surface area contributed by atoms with Crippen LogP contribution in [0.5, 0.6) is 11.5 Å². The van der Waals surface area contributed by atoms with Crippen LogP contribution in [0.15, 0.2) is 48.5 Å². The average Bonchev–Trinajstić information content (AvgIpc) is 2.71. The van der Waals surface area contributed by atoms with Crippen LogP contribution in [0.3, 0.4) is 0 Å². The number of phenolic OH excluding ortho intramolecular Hbond substituents is 1. The van der Waals surface area contributed by atoms with E-state index >= 15 is 0 Å². The second-order valence-corrected chi connectivity index (χ2v) is 7.05. The van der Waals surface area contributed by atoms with E-state index in [9.17, 15) is 9.90 Å². The van der Waals surface area contributed by atoms with E-state index in [2.05, 4.69) is 16.3 Å². The zero-order chi connectivity index (χ0) is 19.1. The van der Waals surface area contributed by atoms with Crippen molar-refractivity contribution in [1.82, 2.24) is 10.2 Å². The van der Waals surface area contributed by atoms with Gasteiger partial charge in [-0.1, -0.05) is 30.3 Å². The smallest absolute Gasteiger partial charge is 0.221 e. The molecule has 5 nitrogen and oxygen atoms in total. The fourth-order valence-corrected chi connectivity index (χ4v) is 3.66. The first-order chi connectivity index (χ1) is 13.2. The summed E-state index contributed by atoms with van der Waals surface area (Å²) in [6, 6.07) is 15.3. The number of nitrogens with zero attached hydrogens (tertiary/aromatic N) is 1. The van der Waals surface area contributed by atoms with E-state index in [1.807, 2.05) is 36.4 Å². The van der Waals surface area contributed by atoms with Crippen molar-refractivity contribution in [3.8, 4) is 11.5 Å². The zero-order valence-corrected chi connectivity index (χ0v) is 15.9. The monoisotopic (exact) mass is 368 g/mol. The minimum Gasteiger partial charge on any atom is -0.508 e. The summed E-state index contributed by atoms with van der Waals surface area (Å²) in [4.78, 5) is 14.5. The molecule has 27 heavy (non-hydrogen) atoms. The number of hydrogen-bond acceptors (Lipinski definition) is 4. The third-order valence-corrected chi connectivity index (χ3v) is 5.25. The summed E-state index contributed by atoms with van der Waals surface area (Å²) in [5, 5.41) is 12.6. The Hall–Kier alpha value is -2.53. The van der Waals surface area contributed by atoms with Gasteiger partial charge in [-0.25, -0.2) is 0 Å². The molecule has 2 aromatic rings. The third-order valence-electron chi connectivity index (χ3n) is 5.25. The van der Waals surface area contributed by atoms with Gasteiger partial charge in [0.25, 0.3) is 0 Å². The standard InChI is InChI=1S/C22H28N2O3/c1-27-21-8-3-2-5-19(21)16-23-22(26)11-14-24-12-9-17(10-13-24)18-6-4-7-20(25)15-18/h2-8,15,17,25H,9-14,16H2,1H3,(H,23,26). The number of carbonyl (C=O) groups is 1. The quantitative estimate of drug-likeness (QED) is 0.787. The minimum atomic E-state index is 0.0658. The van der Waals surface area contributed by atoms with E-state index in [-0.39, 0.29) is 5.91 Å². The molecule has 1 amide bonds. The van der Waals surface area contributed by atoms with E-state index in [4.69, 9.17) is 4.74 Å². The van der Waals surface area contributed by atoms with Gasteiger partial charge in [0, 0.05) is 25.1 Å². The molecular formula is C22H28N2O3. The van der Waals surface area contributed by atoms with E-state index < -0.39 is 0 Å². The molecule has 0 atom stereocenters. The number of rotatable bonds is 7. The molecule has 3 rings (SSSR count). The normalized spacial score (nSPS) is 15.4. The molecule has 2 aromatic carbocycles. The highest BCUT2D eigenvalue weighted by atomic mass is 16.5. The van der Waals surface area contributed by atoms with Crippen molar-refractivity contribution in [2.45, 2.75) is 31.7 Å². The fourth-order valence-electron chi connectivity index (χ4n) is 3.66. The highest BCUT2D eigenvalue weighted by molar-refractivity contribution is 5.76. The summed E-state index contributed by atoms with van der Waals surface area (Å²) >= 11 is 0. The number of benzene rings is 2. The summed E-state index contributed by atoms with van der Waals surface area (Å²) in [5.74, 6) is 1.69. The Kier molecular flexibility index (Phi) is 6.71. The van der Waals surface area contributed by atoms with Crippen LogP contribution in [0.2, 0.25) is 0 Å². The van der Waals surface area contributed by atoms with Crippen molar-refractivity contribution in [2.24, 2.45) is 0 Å². The molecule has 0 bridgehead atoms. The van der Waals surface area contributed by atoms with Gasteiger partial charge in [0.05, 0.1) is 7.11 Å². The second kappa shape index (κ2) is 9.42. The molecule has 0 spiro atoms. The number of methoxy groups -OCH3 is 1. The number of phenols is 1. The Labute approximate surface area is 161 Å². The summed E-state index contributed by atoms with van der Waals surface area (Å²) in [5.41, 5.74) is 2.20. The van der Waals surface area contributed by atoms with Crippen molar-refractivity contribution in [2.75, 3.05) is 26.7 Å². The lowest BCUT2D eigenvalue weighted by Gasteiger charge is -2.32. The van der Waals surface area contributed by atoms with Gasteiger partial charge in [-0.3, -0.25) is 4.79 Å². The summed E-state index contributed by atoms with van der Waals surface area (Å²) < 4.78 is 5.31. The molecule has 2 N–H and O–H groups in total. The first-order valence-corrected chi connectivity index (χ1v) is 9.55. The maximum absolute atomic E-state index is 12.2. The fraction of sp³-hybridized carbons (Fsp3) is 0.409. The van der Waals surface area contributed by atoms with Gasteiger partial charge in [-0.15, -0.1) is 0 Å². The topological polar surface area (TPSA) is 61.8 Å². The van der Waals surface area contributed by atoms with E-state index in [0.29, 0.717) is 24.6 Å². The van der Waals surface area contributed by atoms with Crippen LogP contribution in [-0.2, 0) is 11.3 Å². The number of nitrogens with one attached hydrogen (secondary N) is 1. The van der Waals surface area contributed by atoms with Crippen LogP contribution >= 0.6 is 0 Å². The molecule has 0 aliphatic carbocycles. The number of hydrogen-bond donors (Lipinski definition) is 2. The Balaban J connectivity index is 1.39. The van der Waals surface area contributed by atoms with E-state index in [0.717, 1.165) is 43.8 Å². The first kappa shape index (κ1) is 19.2. The Morgan fingerprint density at radius 2 is 1.96 bits per heavy atom. The number of aromatic hydroxyl groups is 1. The molecule has 1 aliphatic heterocycles. The van der Waals surface area contributed by atoms with Crippen LogP contribution in [0.4, 0.5) is 0 Å². The van der Waals surface area contributed by atoms with Gasteiger partial charge in [0.1, 0.15) is 11.5 Å². The Morgan fingerprint density at radius 3 is 2.70 bits per heavy atom. The van der Waals surface area contributed by atoms with E-state index in [1.54, 1.807) is 13.2 Å². The van der Waals surface area contributed by atoms with Crippen LogP contribution in [-0.4, -0.2) is 42.7 Å². The highest BCUT2D eigenvalue weighted by Crippen LogP contribution is 2.29. The molecule has 1 saturated heterocycles. The molecule has 0 unspecified atom stereocenters. The van der Waals surface area contributed by atoms with E-state index in [1.165, 1.54) is 5.56 Å². The molecule has 0 aromatic heterocycles. The molecule has 5 heteroatoms. The number of ether oxygens (including phenoxy) is 1. The Morgan fingerprint density at radius 1 is 1.19 bits per heavy atom. The molecule has 144 valence electrons. The number of para-hydroxylation sites is 1. The molecule has 1 heterocycles. The maximum atomic E-state index is 12.2. The van der Waals surface area contributed by atoms with Crippen molar-refractivity contribution in [1.29, 1.82) is 0 Å². The maximum Gasteiger partial charge on any atom is 0.221 e. The van der Waals surface area contributed by atoms with Gasteiger partial charge in [-0.05, 0) is 55.6 Å². The minimum absolute atomic E-state index is 0.0658. The van der Waals surface area contributed by atoms with Gasteiger partial charge in [0.2, 0.25) is 5.91 Å². The number of piperidine rings is 1. The predicted octanol–water partition coefficient (Wildman–Crippen LogP) is 3.29. The lowest BCUT2D eigenvalue weighted by atomic mass is 9.89. The molecular weight excluding hydrogens is 340 g/mol. The summed E-state index contributed by atoms with van der Waals surface area (Å²) in [6.07, 6.45) is 2.63. The van der Waals surface area contributed by atoms with Crippen molar-refractivity contribution in [3.63, 3.8) is 0 Å². The van der Waals surface area contributed by atoms with Crippen molar-refractivity contribution in [3.05, 3.63) is 59.7 Å². The molecule has 1 aliphatic rings. The van der Waals surface area contributed by atoms with Crippen molar-refractivity contribution < 1.29 is 14.6 Å². The SMILES string of the molecule is COc1ccccc1CNC(=O)CCN1CCC(c2cccc(O)c2)CC1. The van der Waals surface area contributed by atoms with Crippen LogP contribution in [0.1, 0.15) is 36.3 Å². The number of amides is 1. The largest absolute Gasteiger partial charge is 0.508 e. The molecule has 0 radical (unpaired) electrons. The van der Waals surface area contributed by atoms with Gasteiger partial charge in [0.15, 0.2) is 0 Å². The van der Waals surface area contributed by atoms with Crippen LogP contribution in [0, 0.1) is 0 Å². The first-order valence-electron chi connectivity index (χ1n) is 9.55. The molecule has 1 fully saturated rings. The zero-order valence-electron chi connectivity index (χ0n) is 15.9. The summed E-state index contributed by atoms with van der Waals surface area (Å²) in [6.45, 7) is 3.24. The summed E-state index contributed by atoms with van der Waals surface area (Å²) in [7, 11) is 1.64. The average molecular weight is 368 g/mol. The highest BCUT2D eigenvalue weighted by Gasteiger charge is 2.21.